The molecule has 0 bridgehead atoms. The van der Waals surface area contributed by atoms with E-state index in [1.54, 1.807) is 0 Å². The summed E-state index contributed by atoms with van der Waals surface area (Å²) in [4.78, 5) is 15.6. The van der Waals surface area contributed by atoms with Crippen LogP contribution in [0, 0.1) is 0 Å². The van der Waals surface area contributed by atoms with Crippen molar-refractivity contribution in [1.29, 1.82) is 0 Å². The zero-order valence-corrected chi connectivity index (χ0v) is 9.20. The molecule has 1 saturated heterocycles. The molecule has 0 unspecified atom stereocenters. The molecule has 1 fully saturated rings. The van der Waals surface area contributed by atoms with Gasteiger partial charge in [0.1, 0.15) is 0 Å². The Morgan fingerprint density at radius 3 is 2.79 bits per heavy atom. The van der Waals surface area contributed by atoms with Gasteiger partial charge in [0.15, 0.2) is 0 Å². The number of rotatable bonds is 2. The van der Waals surface area contributed by atoms with Gasteiger partial charge < -0.3 is 9.80 Å². The summed E-state index contributed by atoms with van der Waals surface area (Å²) in [5.74, 6) is 0.0683. The number of amides is 1. The summed E-state index contributed by atoms with van der Waals surface area (Å²) in [7, 11) is 4.15. The van der Waals surface area contributed by atoms with Crippen molar-refractivity contribution < 1.29 is 4.79 Å². The van der Waals surface area contributed by atoms with E-state index in [0.717, 1.165) is 19.5 Å². The summed E-state index contributed by atoms with van der Waals surface area (Å²) < 4.78 is 0. The summed E-state index contributed by atoms with van der Waals surface area (Å²) in [6, 6.07) is 0.501. The third-order valence-electron chi connectivity index (χ3n) is 2.86. The van der Waals surface area contributed by atoms with Crippen LogP contribution in [0.1, 0.15) is 19.3 Å². The molecule has 1 amide bonds. The van der Waals surface area contributed by atoms with Crippen LogP contribution in [0.4, 0.5) is 0 Å². The maximum atomic E-state index is 11.5. The van der Waals surface area contributed by atoms with Crippen LogP contribution < -0.4 is 0 Å². The highest BCUT2D eigenvalue weighted by atomic mass is 16.2. The average molecular weight is 196 g/mol. The molecule has 3 heteroatoms. The molecule has 0 aromatic carbocycles. The summed E-state index contributed by atoms with van der Waals surface area (Å²) in [5.41, 5.74) is 0. The van der Waals surface area contributed by atoms with Gasteiger partial charge in [0.25, 0.3) is 0 Å². The predicted octanol–water partition coefficient (Wildman–Crippen LogP) is 1.12. The molecule has 1 rings (SSSR count). The van der Waals surface area contributed by atoms with E-state index in [1.165, 1.54) is 18.9 Å². The lowest BCUT2D eigenvalue weighted by Crippen LogP contribution is -2.41. The van der Waals surface area contributed by atoms with E-state index >= 15 is 0 Å². The van der Waals surface area contributed by atoms with E-state index in [9.17, 15) is 4.79 Å². The van der Waals surface area contributed by atoms with Gasteiger partial charge in [-0.3, -0.25) is 4.79 Å². The largest absolute Gasteiger partial charge is 0.338 e. The first kappa shape index (κ1) is 11.2. The van der Waals surface area contributed by atoms with E-state index in [0.29, 0.717) is 6.04 Å². The van der Waals surface area contributed by atoms with Crippen molar-refractivity contribution in [3.63, 3.8) is 0 Å². The van der Waals surface area contributed by atoms with Crippen molar-refractivity contribution in [2.24, 2.45) is 0 Å². The number of nitrogens with zero attached hydrogens (tertiary/aromatic N) is 2. The monoisotopic (exact) mass is 196 g/mol. The molecule has 0 radical (unpaired) electrons. The Kier molecular flexibility index (Phi) is 4.14. The van der Waals surface area contributed by atoms with Gasteiger partial charge in [0, 0.05) is 19.1 Å². The molecule has 3 nitrogen and oxygen atoms in total. The van der Waals surface area contributed by atoms with Gasteiger partial charge in [0.05, 0.1) is 0 Å². The van der Waals surface area contributed by atoms with Crippen LogP contribution in [0.15, 0.2) is 12.7 Å². The molecular weight excluding hydrogens is 176 g/mol. The van der Waals surface area contributed by atoms with E-state index in [-0.39, 0.29) is 5.91 Å². The Balaban J connectivity index is 2.59. The van der Waals surface area contributed by atoms with Crippen LogP contribution in [-0.4, -0.2) is 48.9 Å². The highest BCUT2D eigenvalue weighted by Crippen LogP contribution is 2.14. The maximum Gasteiger partial charge on any atom is 0.246 e. The molecule has 0 aromatic rings. The number of carbonyl (C=O) groups is 1. The summed E-state index contributed by atoms with van der Waals surface area (Å²) in [5, 5.41) is 0. The fraction of sp³-hybridized carbons (Fsp3) is 0.727. The first-order chi connectivity index (χ1) is 6.65. The zero-order chi connectivity index (χ0) is 10.6. The second-order valence-corrected chi connectivity index (χ2v) is 4.10. The normalized spacial score (nSPS) is 23.4. The van der Waals surface area contributed by atoms with Gasteiger partial charge in [0.2, 0.25) is 5.91 Å². The number of hydrogen-bond acceptors (Lipinski definition) is 2. The standard InChI is InChI=1S/C11H20N2O/c1-4-11(14)13-8-6-5-7-10(9-13)12(2)3/h4,10H,1,5-9H2,2-3H3/t10-/m1/s1. The van der Waals surface area contributed by atoms with Gasteiger partial charge in [-0.15, -0.1) is 0 Å². The predicted molar refractivity (Wildman–Crippen MR) is 58.1 cm³/mol. The second-order valence-electron chi connectivity index (χ2n) is 4.10. The minimum Gasteiger partial charge on any atom is -0.338 e. The quantitative estimate of drug-likeness (QED) is 0.618. The highest BCUT2D eigenvalue weighted by molar-refractivity contribution is 5.87. The lowest BCUT2D eigenvalue weighted by molar-refractivity contribution is -0.126. The molecule has 1 aliphatic rings. The van der Waals surface area contributed by atoms with E-state index in [4.69, 9.17) is 0 Å². The van der Waals surface area contributed by atoms with Crippen molar-refractivity contribution in [2.75, 3.05) is 27.2 Å². The fourth-order valence-corrected chi connectivity index (χ4v) is 1.87. The number of hydrogen-bond donors (Lipinski definition) is 0. The van der Waals surface area contributed by atoms with Crippen LogP contribution in [0.3, 0.4) is 0 Å². The van der Waals surface area contributed by atoms with Crippen LogP contribution in [-0.2, 0) is 4.79 Å². The molecule has 80 valence electrons. The minimum absolute atomic E-state index is 0.0683. The molecule has 0 N–H and O–H groups in total. The van der Waals surface area contributed by atoms with Gasteiger partial charge in [-0.1, -0.05) is 13.0 Å². The molecule has 1 aliphatic heterocycles. The van der Waals surface area contributed by atoms with Gasteiger partial charge in [-0.2, -0.15) is 0 Å². The molecule has 1 heterocycles. The van der Waals surface area contributed by atoms with E-state index in [1.807, 2.05) is 4.90 Å². The number of likely N-dealkylation sites (tertiary alicyclic amines) is 1. The Morgan fingerprint density at radius 2 is 2.21 bits per heavy atom. The summed E-state index contributed by atoms with van der Waals surface area (Å²) in [6.07, 6.45) is 4.93. The zero-order valence-electron chi connectivity index (χ0n) is 9.20. The Morgan fingerprint density at radius 1 is 1.50 bits per heavy atom. The van der Waals surface area contributed by atoms with Crippen LogP contribution in [0.25, 0.3) is 0 Å². The molecule has 1 atom stereocenters. The Labute approximate surface area is 86.4 Å². The molecule has 0 aliphatic carbocycles. The summed E-state index contributed by atoms with van der Waals surface area (Å²) >= 11 is 0. The Hall–Kier alpha value is -0.830. The van der Waals surface area contributed by atoms with Crippen molar-refractivity contribution in [3.05, 3.63) is 12.7 Å². The lowest BCUT2D eigenvalue weighted by atomic mass is 10.1. The lowest BCUT2D eigenvalue weighted by Gasteiger charge is -2.27. The van der Waals surface area contributed by atoms with Gasteiger partial charge in [-0.05, 0) is 33.0 Å². The highest BCUT2D eigenvalue weighted by Gasteiger charge is 2.21. The smallest absolute Gasteiger partial charge is 0.246 e. The summed E-state index contributed by atoms with van der Waals surface area (Å²) in [6.45, 7) is 5.26. The van der Waals surface area contributed by atoms with Crippen molar-refractivity contribution in [1.82, 2.24) is 9.80 Å². The molecule has 0 spiro atoms. The van der Waals surface area contributed by atoms with Crippen LogP contribution >= 0.6 is 0 Å². The topological polar surface area (TPSA) is 23.6 Å². The maximum absolute atomic E-state index is 11.5. The molecule has 14 heavy (non-hydrogen) atoms. The van der Waals surface area contributed by atoms with Crippen molar-refractivity contribution in [3.8, 4) is 0 Å². The minimum atomic E-state index is 0.0683. The van der Waals surface area contributed by atoms with E-state index in [2.05, 4.69) is 25.6 Å². The average Bonchev–Trinajstić information content (AvgIpc) is 2.41. The van der Waals surface area contributed by atoms with Crippen molar-refractivity contribution in [2.45, 2.75) is 25.3 Å². The Bertz CT molecular complexity index is 213. The van der Waals surface area contributed by atoms with Crippen LogP contribution in [0.2, 0.25) is 0 Å². The van der Waals surface area contributed by atoms with E-state index < -0.39 is 0 Å². The fourth-order valence-electron chi connectivity index (χ4n) is 1.87. The van der Waals surface area contributed by atoms with Gasteiger partial charge in [-0.25, -0.2) is 0 Å². The number of carbonyl (C=O) groups excluding carboxylic acids is 1. The first-order valence-electron chi connectivity index (χ1n) is 5.23. The third kappa shape index (κ3) is 2.84. The molecule has 0 aromatic heterocycles. The third-order valence-corrected chi connectivity index (χ3v) is 2.86. The van der Waals surface area contributed by atoms with Crippen molar-refractivity contribution >= 4 is 5.91 Å². The van der Waals surface area contributed by atoms with Crippen LogP contribution in [0.5, 0.6) is 0 Å². The van der Waals surface area contributed by atoms with Gasteiger partial charge >= 0.3 is 0 Å². The number of likely N-dealkylation sites (N-methyl/N-ethyl adjacent to an activating group) is 1. The molecular formula is C11H20N2O. The SMILES string of the molecule is C=CC(=O)N1CCCC[C@@H](N(C)C)C1. The molecule has 0 saturated carbocycles. The first-order valence-corrected chi connectivity index (χ1v) is 5.23. The second kappa shape index (κ2) is 5.15.